The maximum atomic E-state index is 4.23. The van der Waals surface area contributed by atoms with Crippen molar-refractivity contribution in [2.45, 2.75) is 6.42 Å². The summed E-state index contributed by atoms with van der Waals surface area (Å²) in [6.07, 6.45) is 2.85. The van der Waals surface area contributed by atoms with Gasteiger partial charge in [0.2, 0.25) is 0 Å². The standard InChI is InChI=1S/C12H21N5S/c1-17-4-2-10(8-17)7-14-12-6-11(13-3-5-18)15-9-16-12/h6,9-10,18H,2-5,7-8H2,1H3,(H2,13,14,15,16). The lowest BCUT2D eigenvalue weighted by molar-refractivity contribution is 0.399. The van der Waals surface area contributed by atoms with Crippen LogP contribution < -0.4 is 10.6 Å². The van der Waals surface area contributed by atoms with E-state index >= 15 is 0 Å². The van der Waals surface area contributed by atoms with Gasteiger partial charge in [0.05, 0.1) is 0 Å². The third-order valence-corrected chi connectivity index (χ3v) is 3.37. The minimum absolute atomic E-state index is 0.721. The molecule has 2 heterocycles. The molecule has 1 aliphatic rings. The lowest BCUT2D eigenvalue weighted by atomic mass is 10.1. The van der Waals surface area contributed by atoms with Crippen LogP contribution in [0.1, 0.15) is 6.42 Å². The summed E-state index contributed by atoms with van der Waals surface area (Å²) in [4.78, 5) is 10.8. The lowest BCUT2D eigenvalue weighted by Crippen LogP contribution is -2.19. The topological polar surface area (TPSA) is 53.1 Å². The second kappa shape index (κ2) is 6.80. The largest absolute Gasteiger partial charge is 0.370 e. The van der Waals surface area contributed by atoms with Crippen LogP contribution in [0.5, 0.6) is 0 Å². The molecular formula is C12H21N5S. The number of anilines is 2. The van der Waals surface area contributed by atoms with Crippen molar-refractivity contribution in [3.05, 3.63) is 12.4 Å². The van der Waals surface area contributed by atoms with Crippen molar-refractivity contribution in [2.75, 3.05) is 49.6 Å². The molecule has 5 nitrogen and oxygen atoms in total. The van der Waals surface area contributed by atoms with Gasteiger partial charge in [0, 0.05) is 31.5 Å². The van der Waals surface area contributed by atoms with Gasteiger partial charge in [-0.3, -0.25) is 0 Å². The second-order valence-corrected chi connectivity index (χ2v) is 5.18. The van der Waals surface area contributed by atoms with Gasteiger partial charge in [-0.25, -0.2) is 9.97 Å². The van der Waals surface area contributed by atoms with Crippen LogP contribution in [-0.4, -0.2) is 53.8 Å². The number of nitrogens with zero attached hydrogens (tertiary/aromatic N) is 3. The van der Waals surface area contributed by atoms with E-state index in [1.165, 1.54) is 19.5 Å². The number of nitrogens with one attached hydrogen (secondary N) is 2. The summed E-state index contributed by atoms with van der Waals surface area (Å²) in [6.45, 7) is 4.16. The fraction of sp³-hybridized carbons (Fsp3) is 0.667. The highest BCUT2D eigenvalue weighted by Crippen LogP contribution is 2.15. The summed E-state index contributed by atoms with van der Waals surface area (Å²) in [5, 5.41) is 6.58. The molecule has 0 bridgehead atoms. The predicted octanol–water partition coefficient (Wildman–Crippen LogP) is 1.18. The number of thiol groups is 1. The van der Waals surface area contributed by atoms with Crippen molar-refractivity contribution in [3.63, 3.8) is 0 Å². The number of likely N-dealkylation sites (tertiary alicyclic amines) is 1. The van der Waals surface area contributed by atoms with Crippen molar-refractivity contribution < 1.29 is 0 Å². The van der Waals surface area contributed by atoms with Crippen molar-refractivity contribution in [1.82, 2.24) is 14.9 Å². The van der Waals surface area contributed by atoms with E-state index in [2.05, 4.69) is 45.2 Å². The Morgan fingerprint density at radius 2 is 2.17 bits per heavy atom. The van der Waals surface area contributed by atoms with Gasteiger partial charge in [-0.15, -0.1) is 0 Å². The van der Waals surface area contributed by atoms with Crippen LogP contribution in [0.25, 0.3) is 0 Å². The van der Waals surface area contributed by atoms with Crippen molar-refractivity contribution in [3.8, 4) is 0 Å². The Labute approximate surface area is 114 Å². The summed E-state index contributed by atoms with van der Waals surface area (Å²) in [7, 11) is 2.17. The maximum Gasteiger partial charge on any atom is 0.131 e. The Bertz CT molecular complexity index is 373. The molecule has 1 saturated heterocycles. The molecule has 18 heavy (non-hydrogen) atoms. The molecule has 1 atom stereocenters. The van der Waals surface area contributed by atoms with Gasteiger partial charge >= 0.3 is 0 Å². The number of aromatic nitrogens is 2. The molecule has 0 aliphatic carbocycles. The zero-order chi connectivity index (χ0) is 12.8. The smallest absolute Gasteiger partial charge is 0.131 e. The van der Waals surface area contributed by atoms with Crippen LogP contribution in [0.15, 0.2) is 12.4 Å². The molecule has 100 valence electrons. The summed E-state index contributed by atoms with van der Waals surface area (Å²) in [5.41, 5.74) is 0. The van der Waals surface area contributed by atoms with Gasteiger partial charge in [-0.05, 0) is 25.9 Å². The normalized spacial score (nSPS) is 20.0. The first-order valence-corrected chi connectivity index (χ1v) is 7.00. The van der Waals surface area contributed by atoms with E-state index in [0.717, 1.165) is 36.4 Å². The average Bonchev–Trinajstić information content (AvgIpc) is 2.80. The summed E-state index contributed by atoms with van der Waals surface area (Å²) in [5.74, 6) is 3.26. The van der Waals surface area contributed by atoms with Gasteiger partial charge in [0.15, 0.2) is 0 Å². The average molecular weight is 267 g/mol. The molecule has 2 rings (SSSR count). The van der Waals surface area contributed by atoms with Crippen LogP contribution in [-0.2, 0) is 0 Å². The number of hydrogen-bond donors (Lipinski definition) is 3. The Balaban J connectivity index is 1.81. The molecule has 0 radical (unpaired) electrons. The summed E-state index contributed by atoms with van der Waals surface area (Å²) in [6, 6.07) is 1.95. The quantitative estimate of drug-likeness (QED) is 0.676. The van der Waals surface area contributed by atoms with E-state index in [-0.39, 0.29) is 0 Å². The zero-order valence-electron chi connectivity index (χ0n) is 10.8. The molecule has 0 spiro atoms. The van der Waals surface area contributed by atoms with Crippen molar-refractivity contribution >= 4 is 24.3 Å². The summed E-state index contributed by atoms with van der Waals surface area (Å²) < 4.78 is 0. The number of hydrogen-bond acceptors (Lipinski definition) is 6. The Morgan fingerprint density at radius 3 is 2.83 bits per heavy atom. The molecule has 6 heteroatoms. The molecule has 1 aromatic rings. The fourth-order valence-electron chi connectivity index (χ4n) is 2.18. The van der Waals surface area contributed by atoms with Gasteiger partial charge in [-0.1, -0.05) is 0 Å². The van der Waals surface area contributed by atoms with Gasteiger partial charge in [-0.2, -0.15) is 12.6 Å². The molecule has 0 aromatic carbocycles. The highest BCUT2D eigenvalue weighted by molar-refractivity contribution is 7.80. The van der Waals surface area contributed by atoms with E-state index in [0.29, 0.717) is 0 Å². The van der Waals surface area contributed by atoms with Gasteiger partial charge in [0.25, 0.3) is 0 Å². The minimum atomic E-state index is 0.721. The zero-order valence-corrected chi connectivity index (χ0v) is 11.7. The molecular weight excluding hydrogens is 246 g/mol. The molecule has 1 unspecified atom stereocenters. The van der Waals surface area contributed by atoms with E-state index < -0.39 is 0 Å². The van der Waals surface area contributed by atoms with Crippen LogP contribution in [0, 0.1) is 5.92 Å². The van der Waals surface area contributed by atoms with Crippen LogP contribution in [0.2, 0.25) is 0 Å². The molecule has 1 fully saturated rings. The predicted molar refractivity (Wildman–Crippen MR) is 78.5 cm³/mol. The van der Waals surface area contributed by atoms with Crippen LogP contribution in [0.4, 0.5) is 11.6 Å². The van der Waals surface area contributed by atoms with E-state index in [9.17, 15) is 0 Å². The summed E-state index contributed by atoms with van der Waals surface area (Å²) >= 11 is 4.16. The Hall–Kier alpha value is -1.01. The van der Waals surface area contributed by atoms with E-state index in [1.807, 2.05) is 6.07 Å². The third kappa shape index (κ3) is 4.03. The Morgan fingerprint density at radius 1 is 1.39 bits per heavy atom. The first-order chi connectivity index (χ1) is 8.78. The highest BCUT2D eigenvalue weighted by atomic mass is 32.1. The van der Waals surface area contributed by atoms with Crippen molar-refractivity contribution in [2.24, 2.45) is 5.92 Å². The SMILES string of the molecule is CN1CCC(CNc2cc(NCCS)ncn2)C1. The fourth-order valence-corrected chi connectivity index (χ4v) is 2.29. The minimum Gasteiger partial charge on any atom is -0.370 e. The van der Waals surface area contributed by atoms with Gasteiger partial charge in [0.1, 0.15) is 18.0 Å². The first kappa shape index (κ1) is 13.4. The first-order valence-electron chi connectivity index (χ1n) is 6.37. The molecule has 0 saturated carbocycles. The number of rotatable bonds is 6. The molecule has 2 N–H and O–H groups in total. The molecule has 0 amide bonds. The monoisotopic (exact) mass is 267 g/mol. The van der Waals surface area contributed by atoms with Crippen molar-refractivity contribution in [1.29, 1.82) is 0 Å². The highest BCUT2D eigenvalue weighted by Gasteiger charge is 2.18. The van der Waals surface area contributed by atoms with Crippen LogP contribution in [0.3, 0.4) is 0 Å². The van der Waals surface area contributed by atoms with E-state index in [4.69, 9.17) is 0 Å². The lowest BCUT2D eigenvalue weighted by Gasteiger charge is -2.12. The maximum absolute atomic E-state index is 4.23. The Kier molecular flexibility index (Phi) is 5.07. The second-order valence-electron chi connectivity index (χ2n) is 4.74. The third-order valence-electron chi connectivity index (χ3n) is 3.15. The molecule has 1 aromatic heterocycles. The molecule has 1 aliphatic heterocycles. The van der Waals surface area contributed by atoms with E-state index in [1.54, 1.807) is 6.33 Å². The van der Waals surface area contributed by atoms with Crippen LogP contribution >= 0.6 is 12.6 Å². The van der Waals surface area contributed by atoms with Gasteiger partial charge < -0.3 is 15.5 Å².